The number of hydrogen-bond acceptors (Lipinski definition) is 8. The summed E-state index contributed by atoms with van der Waals surface area (Å²) in [5, 5.41) is 5.86. The second kappa shape index (κ2) is 7.93. The van der Waals surface area contributed by atoms with Gasteiger partial charge in [-0.25, -0.2) is 9.97 Å². The van der Waals surface area contributed by atoms with E-state index >= 15 is 0 Å². The summed E-state index contributed by atoms with van der Waals surface area (Å²) >= 11 is 0. The zero-order valence-corrected chi connectivity index (χ0v) is 15.8. The van der Waals surface area contributed by atoms with Gasteiger partial charge in [-0.1, -0.05) is 0 Å². The first-order chi connectivity index (χ1) is 14.2. The van der Waals surface area contributed by atoms with E-state index in [1.165, 1.54) is 19.5 Å². The van der Waals surface area contributed by atoms with Crippen molar-refractivity contribution < 1.29 is 23.7 Å². The van der Waals surface area contributed by atoms with Crippen LogP contribution in [0.3, 0.4) is 0 Å². The third-order valence-electron chi connectivity index (χ3n) is 4.19. The Morgan fingerprint density at radius 3 is 2.62 bits per heavy atom. The molecule has 29 heavy (non-hydrogen) atoms. The van der Waals surface area contributed by atoms with Crippen LogP contribution in [0, 0.1) is 0 Å². The second-order valence-electron chi connectivity index (χ2n) is 6.00. The number of amides is 1. The fraction of sp³-hybridized carbons (Fsp3) is 0.150. The summed E-state index contributed by atoms with van der Waals surface area (Å²) in [6, 6.07) is 10.6. The average Bonchev–Trinajstić information content (AvgIpc) is 3.22. The Bertz CT molecular complexity index is 1040. The minimum Gasteiger partial charge on any atom is -0.497 e. The lowest BCUT2D eigenvalue weighted by atomic mass is 10.2. The number of rotatable bonds is 6. The molecule has 0 bridgehead atoms. The lowest BCUT2D eigenvalue weighted by Crippen LogP contribution is -2.15. The van der Waals surface area contributed by atoms with E-state index in [1.54, 1.807) is 31.4 Å². The van der Waals surface area contributed by atoms with E-state index in [9.17, 15) is 4.79 Å². The van der Waals surface area contributed by atoms with Crippen LogP contribution in [0.5, 0.6) is 23.0 Å². The van der Waals surface area contributed by atoms with Crippen LogP contribution >= 0.6 is 0 Å². The summed E-state index contributed by atoms with van der Waals surface area (Å²) in [6.45, 7) is 0.210. The van der Waals surface area contributed by atoms with Gasteiger partial charge in [0.2, 0.25) is 6.79 Å². The molecule has 9 heteroatoms. The highest BCUT2D eigenvalue weighted by molar-refractivity contribution is 6.03. The largest absolute Gasteiger partial charge is 0.497 e. The third-order valence-corrected chi connectivity index (χ3v) is 4.19. The van der Waals surface area contributed by atoms with Gasteiger partial charge in [0, 0.05) is 17.8 Å². The number of benzene rings is 2. The molecule has 0 saturated carbocycles. The van der Waals surface area contributed by atoms with Gasteiger partial charge in [-0.3, -0.25) is 4.79 Å². The molecule has 1 aromatic heterocycles. The quantitative estimate of drug-likeness (QED) is 0.657. The van der Waals surface area contributed by atoms with Crippen molar-refractivity contribution in [2.24, 2.45) is 0 Å². The number of carbonyl (C=O) groups excluding carboxylic acids is 1. The molecular weight excluding hydrogens is 376 g/mol. The predicted molar refractivity (Wildman–Crippen MR) is 105 cm³/mol. The van der Waals surface area contributed by atoms with E-state index < -0.39 is 5.91 Å². The van der Waals surface area contributed by atoms with E-state index in [4.69, 9.17) is 18.9 Å². The lowest BCUT2D eigenvalue weighted by Gasteiger charge is -2.11. The zero-order valence-electron chi connectivity index (χ0n) is 15.8. The van der Waals surface area contributed by atoms with Gasteiger partial charge in [-0.05, 0) is 24.3 Å². The smallest absolute Gasteiger partial charge is 0.275 e. The molecule has 9 nitrogen and oxygen atoms in total. The van der Waals surface area contributed by atoms with E-state index in [0.29, 0.717) is 34.5 Å². The highest BCUT2D eigenvalue weighted by Gasteiger charge is 2.15. The van der Waals surface area contributed by atoms with Crippen molar-refractivity contribution in [2.75, 3.05) is 31.6 Å². The highest BCUT2D eigenvalue weighted by atomic mass is 16.7. The van der Waals surface area contributed by atoms with Crippen LogP contribution in [0.1, 0.15) is 10.5 Å². The number of aromatic nitrogens is 2. The number of carbonyl (C=O) groups is 1. The highest BCUT2D eigenvalue weighted by Crippen LogP contribution is 2.35. The molecule has 2 N–H and O–H groups in total. The first-order valence-electron chi connectivity index (χ1n) is 8.68. The van der Waals surface area contributed by atoms with Crippen molar-refractivity contribution in [1.82, 2.24) is 9.97 Å². The normalized spacial score (nSPS) is 11.7. The first kappa shape index (κ1) is 18.4. The van der Waals surface area contributed by atoms with E-state index in [-0.39, 0.29) is 12.5 Å². The molecule has 1 aliphatic heterocycles. The Hall–Kier alpha value is -4.01. The molecule has 0 spiro atoms. The Balaban J connectivity index is 1.44. The second-order valence-corrected chi connectivity index (χ2v) is 6.00. The first-order valence-corrected chi connectivity index (χ1v) is 8.68. The SMILES string of the molecule is COc1ccc(NC(=O)c2cnc(Nc3ccc4c(c3)OCO4)cn2)c(OC)c1. The number of fused-ring (bicyclic) bond motifs is 1. The molecule has 0 atom stereocenters. The van der Waals surface area contributed by atoms with Crippen molar-refractivity contribution in [1.29, 1.82) is 0 Å². The third kappa shape index (κ3) is 3.98. The van der Waals surface area contributed by atoms with Crippen molar-refractivity contribution in [2.45, 2.75) is 0 Å². The molecule has 148 valence electrons. The molecule has 2 aromatic carbocycles. The predicted octanol–water partition coefficient (Wildman–Crippen LogP) is 3.22. The molecule has 3 aromatic rings. The number of anilines is 3. The van der Waals surface area contributed by atoms with Crippen LogP contribution in [0.15, 0.2) is 48.8 Å². The zero-order chi connectivity index (χ0) is 20.2. The van der Waals surface area contributed by atoms with Gasteiger partial charge in [-0.2, -0.15) is 0 Å². The number of nitrogens with one attached hydrogen (secondary N) is 2. The Labute approximate surface area is 166 Å². The molecule has 2 heterocycles. The fourth-order valence-electron chi connectivity index (χ4n) is 2.72. The molecule has 0 unspecified atom stereocenters. The minimum atomic E-state index is -0.407. The van der Waals surface area contributed by atoms with E-state index in [2.05, 4.69) is 20.6 Å². The summed E-state index contributed by atoms with van der Waals surface area (Å²) in [7, 11) is 3.07. The molecule has 4 rings (SSSR count). The summed E-state index contributed by atoms with van der Waals surface area (Å²) in [4.78, 5) is 20.9. The van der Waals surface area contributed by atoms with Crippen molar-refractivity contribution in [3.8, 4) is 23.0 Å². The van der Waals surface area contributed by atoms with Gasteiger partial charge < -0.3 is 29.6 Å². The summed E-state index contributed by atoms with van der Waals surface area (Å²) < 4.78 is 21.1. The molecule has 1 amide bonds. The monoisotopic (exact) mass is 394 g/mol. The van der Waals surface area contributed by atoms with Crippen molar-refractivity contribution >= 4 is 23.1 Å². The van der Waals surface area contributed by atoms with Gasteiger partial charge in [0.15, 0.2) is 11.5 Å². The maximum absolute atomic E-state index is 12.5. The van der Waals surface area contributed by atoms with Crippen molar-refractivity contribution in [3.05, 3.63) is 54.5 Å². The molecule has 0 saturated heterocycles. The molecule has 1 aliphatic rings. The number of nitrogens with zero attached hydrogens (tertiary/aromatic N) is 2. The van der Waals surface area contributed by atoms with Gasteiger partial charge in [0.25, 0.3) is 5.91 Å². The van der Waals surface area contributed by atoms with E-state index in [0.717, 1.165) is 5.69 Å². The van der Waals surface area contributed by atoms with Crippen LogP contribution in [-0.2, 0) is 0 Å². The fourth-order valence-corrected chi connectivity index (χ4v) is 2.72. The number of hydrogen-bond donors (Lipinski definition) is 2. The summed E-state index contributed by atoms with van der Waals surface area (Å²) in [5.41, 5.74) is 1.44. The number of methoxy groups -OCH3 is 2. The standard InChI is InChI=1S/C20H18N4O5/c1-26-13-4-5-14(17(8-13)27-2)24-20(25)15-9-22-19(10-21-15)23-12-3-6-16-18(7-12)29-11-28-16/h3-10H,11H2,1-2H3,(H,22,23)(H,24,25). The maximum atomic E-state index is 12.5. The van der Waals surface area contributed by atoms with Gasteiger partial charge in [-0.15, -0.1) is 0 Å². The Morgan fingerprint density at radius 1 is 1.00 bits per heavy atom. The van der Waals surface area contributed by atoms with Crippen LogP contribution in [-0.4, -0.2) is 36.9 Å². The van der Waals surface area contributed by atoms with Crippen molar-refractivity contribution in [3.63, 3.8) is 0 Å². The van der Waals surface area contributed by atoms with Crippen LogP contribution in [0.4, 0.5) is 17.2 Å². The Kier molecular flexibility index (Phi) is 5.02. The van der Waals surface area contributed by atoms with Crippen LogP contribution in [0.25, 0.3) is 0 Å². The van der Waals surface area contributed by atoms with Gasteiger partial charge in [0.1, 0.15) is 23.0 Å². The molecule has 0 radical (unpaired) electrons. The topological polar surface area (TPSA) is 104 Å². The molecular formula is C20H18N4O5. The molecule has 0 aliphatic carbocycles. The van der Waals surface area contributed by atoms with Crippen LogP contribution in [0.2, 0.25) is 0 Å². The average molecular weight is 394 g/mol. The van der Waals surface area contributed by atoms with Gasteiger partial charge >= 0.3 is 0 Å². The van der Waals surface area contributed by atoms with Gasteiger partial charge in [0.05, 0.1) is 32.3 Å². The molecule has 0 fully saturated rings. The van der Waals surface area contributed by atoms with E-state index in [1.807, 2.05) is 12.1 Å². The lowest BCUT2D eigenvalue weighted by molar-refractivity contribution is 0.102. The van der Waals surface area contributed by atoms with Crippen LogP contribution < -0.4 is 29.6 Å². The maximum Gasteiger partial charge on any atom is 0.275 e. The summed E-state index contributed by atoms with van der Waals surface area (Å²) in [5.74, 6) is 2.54. The summed E-state index contributed by atoms with van der Waals surface area (Å²) in [6.07, 6.45) is 2.87. The Morgan fingerprint density at radius 2 is 1.86 bits per heavy atom. The number of ether oxygens (including phenoxy) is 4. The minimum absolute atomic E-state index is 0.166.